The van der Waals surface area contributed by atoms with E-state index < -0.39 is 68.9 Å². The molecule has 0 aliphatic rings. The van der Waals surface area contributed by atoms with Crippen LogP contribution in [0.5, 0.6) is 0 Å². The minimum atomic E-state index is -4.77. The minimum Gasteiger partial charge on any atom is -0.390 e. The van der Waals surface area contributed by atoms with Crippen molar-refractivity contribution in [3.63, 3.8) is 0 Å². The van der Waals surface area contributed by atoms with Crippen LogP contribution in [-0.2, 0) is 32.6 Å². The normalized spacial score (nSPS) is 14.0. The van der Waals surface area contributed by atoms with E-state index in [9.17, 15) is 36.3 Å². The zero-order valence-electron chi connectivity index (χ0n) is 21.8. The molecule has 1 aromatic heterocycles. The molecule has 3 atom stereocenters. The van der Waals surface area contributed by atoms with E-state index in [1.807, 2.05) is 30.3 Å². The van der Waals surface area contributed by atoms with E-state index in [-0.39, 0.29) is 25.1 Å². The molecule has 2 amide bonds. The zero-order valence-corrected chi connectivity index (χ0v) is 23.4. The van der Waals surface area contributed by atoms with E-state index in [4.69, 9.17) is 0 Å². The van der Waals surface area contributed by atoms with Gasteiger partial charge in [-0.2, -0.15) is 4.31 Å². The van der Waals surface area contributed by atoms with Gasteiger partial charge in [0.25, 0.3) is 0 Å². The van der Waals surface area contributed by atoms with Gasteiger partial charge in [0, 0.05) is 31.0 Å². The monoisotopic (exact) mass is 597 g/mol. The van der Waals surface area contributed by atoms with Crippen molar-refractivity contribution < 1.29 is 36.3 Å². The first-order valence-corrected chi connectivity index (χ1v) is 14.7. The zero-order chi connectivity index (χ0) is 29.4. The second-order valence-corrected chi connectivity index (χ2v) is 12.1. The van der Waals surface area contributed by atoms with E-state index in [1.54, 1.807) is 17.5 Å². The maximum atomic E-state index is 14.6. The Hall–Kier alpha value is -3.26. The molecule has 0 saturated heterocycles. The average molecular weight is 598 g/mol. The number of amides is 2. The molecule has 3 rings (SSSR count). The fourth-order valence-corrected chi connectivity index (χ4v) is 6.30. The third-order valence-electron chi connectivity index (χ3n) is 6.09. The number of carbonyl (C=O) groups excluding carboxylic acids is 2. The fourth-order valence-electron chi connectivity index (χ4n) is 4.01. The molecule has 3 aromatic rings. The molecule has 0 spiro atoms. The van der Waals surface area contributed by atoms with E-state index in [2.05, 4.69) is 10.6 Å². The molecule has 3 N–H and O–H groups in total. The minimum absolute atomic E-state index is 0.147. The topological polar surface area (TPSA) is 116 Å². The van der Waals surface area contributed by atoms with Crippen molar-refractivity contribution >= 4 is 33.2 Å². The highest BCUT2D eigenvalue weighted by Gasteiger charge is 2.34. The summed E-state index contributed by atoms with van der Waals surface area (Å²) in [4.78, 5) is 23.7. The van der Waals surface area contributed by atoms with Gasteiger partial charge in [0.2, 0.25) is 21.8 Å². The second kappa shape index (κ2) is 13.9. The summed E-state index contributed by atoms with van der Waals surface area (Å²) in [6.45, 7) is 1.80. The molecule has 216 valence electrons. The summed E-state index contributed by atoms with van der Waals surface area (Å²) in [6, 6.07) is 11.0. The number of hydrogen-bond donors (Lipinski definition) is 3. The first-order chi connectivity index (χ1) is 18.9. The smallest absolute Gasteiger partial charge is 0.246 e. The van der Waals surface area contributed by atoms with Crippen molar-refractivity contribution in [2.24, 2.45) is 0 Å². The Morgan fingerprint density at radius 3 is 2.30 bits per heavy atom. The first kappa shape index (κ1) is 31.3. The van der Waals surface area contributed by atoms with Gasteiger partial charge in [0.05, 0.1) is 12.1 Å². The highest BCUT2D eigenvalue weighted by atomic mass is 32.2. The van der Waals surface area contributed by atoms with Crippen LogP contribution in [0, 0.1) is 17.5 Å². The number of aryl methyl sites for hydroxylation is 1. The third-order valence-corrected chi connectivity index (χ3v) is 8.78. The third kappa shape index (κ3) is 8.37. The van der Waals surface area contributed by atoms with Crippen LogP contribution >= 0.6 is 11.3 Å². The molecule has 0 fully saturated rings. The molecular formula is C27H30F3N3O5S2. The lowest BCUT2D eigenvalue weighted by Gasteiger charge is -2.30. The maximum Gasteiger partial charge on any atom is 0.246 e. The molecule has 2 aromatic carbocycles. The largest absolute Gasteiger partial charge is 0.390 e. The summed E-state index contributed by atoms with van der Waals surface area (Å²) in [5.74, 6) is -5.62. The van der Waals surface area contributed by atoms with Gasteiger partial charge in [-0.25, -0.2) is 21.6 Å². The lowest BCUT2D eigenvalue weighted by molar-refractivity contribution is -0.128. The van der Waals surface area contributed by atoms with Crippen molar-refractivity contribution in [1.29, 1.82) is 0 Å². The molecule has 1 heterocycles. The van der Waals surface area contributed by atoms with Crippen LogP contribution in [0.3, 0.4) is 0 Å². The standard InChI is InChI=1S/C27H30F3N3O5S2/c1-17(31-18(2)34)27(36)32-24(11-10-19-7-4-3-5-8-19)25(35)16-33(15-20-9-6-12-39-20)40(37,38)26-14-22(29)21(28)13-23(26)30/h3-9,12-14,17,24-25,35H,10-11,15-16H2,1-2H3,(H,31,34)(H,32,36)/t17-,24-,25+/m0/s1. The van der Waals surface area contributed by atoms with Crippen LogP contribution in [0.1, 0.15) is 30.7 Å². The van der Waals surface area contributed by atoms with Gasteiger partial charge in [0.15, 0.2) is 11.6 Å². The van der Waals surface area contributed by atoms with Gasteiger partial charge in [-0.1, -0.05) is 36.4 Å². The van der Waals surface area contributed by atoms with E-state index in [0.717, 1.165) is 9.87 Å². The molecule has 0 saturated carbocycles. The number of thiophene rings is 1. The van der Waals surface area contributed by atoms with Crippen molar-refractivity contribution in [3.05, 3.63) is 87.9 Å². The van der Waals surface area contributed by atoms with Crippen molar-refractivity contribution in [3.8, 4) is 0 Å². The number of halogens is 3. The lowest BCUT2D eigenvalue weighted by Crippen LogP contribution is -2.53. The van der Waals surface area contributed by atoms with Crippen LogP contribution in [0.25, 0.3) is 0 Å². The predicted octanol–water partition coefficient (Wildman–Crippen LogP) is 3.36. The summed E-state index contributed by atoms with van der Waals surface area (Å²) in [6.07, 6.45) is -0.900. The number of aliphatic hydroxyl groups excluding tert-OH is 1. The van der Waals surface area contributed by atoms with Gasteiger partial charge in [-0.05, 0) is 42.8 Å². The summed E-state index contributed by atoms with van der Waals surface area (Å²) in [5, 5.41) is 18.1. The van der Waals surface area contributed by atoms with Crippen molar-refractivity contribution in [2.45, 2.75) is 56.3 Å². The highest BCUT2D eigenvalue weighted by Crippen LogP contribution is 2.26. The Morgan fingerprint density at radius 2 is 1.68 bits per heavy atom. The Kier molecular flexibility index (Phi) is 10.9. The number of rotatable bonds is 13. The van der Waals surface area contributed by atoms with Crippen LogP contribution in [-0.4, -0.2) is 54.4 Å². The quantitative estimate of drug-likeness (QED) is 0.262. The highest BCUT2D eigenvalue weighted by molar-refractivity contribution is 7.89. The lowest BCUT2D eigenvalue weighted by atomic mass is 10.0. The number of aliphatic hydroxyl groups is 1. The Labute approximate surface area is 234 Å². The van der Waals surface area contributed by atoms with E-state index in [1.165, 1.54) is 25.2 Å². The fraction of sp³-hybridized carbons (Fsp3) is 0.333. The van der Waals surface area contributed by atoms with E-state index >= 15 is 0 Å². The molecule has 0 radical (unpaired) electrons. The second-order valence-electron chi connectivity index (χ2n) is 9.20. The number of benzene rings is 2. The number of sulfonamides is 1. The number of nitrogens with zero attached hydrogens (tertiary/aromatic N) is 1. The summed E-state index contributed by atoms with van der Waals surface area (Å²) in [7, 11) is -4.77. The maximum absolute atomic E-state index is 14.6. The van der Waals surface area contributed by atoms with Crippen molar-refractivity contribution in [1.82, 2.24) is 14.9 Å². The van der Waals surface area contributed by atoms with Crippen LogP contribution < -0.4 is 10.6 Å². The molecule has 13 heteroatoms. The van der Waals surface area contributed by atoms with Crippen LogP contribution in [0.4, 0.5) is 13.2 Å². The van der Waals surface area contributed by atoms with Crippen LogP contribution in [0.2, 0.25) is 0 Å². The molecule has 40 heavy (non-hydrogen) atoms. The molecule has 0 bridgehead atoms. The Balaban J connectivity index is 1.92. The average Bonchev–Trinajstić information content (AvgIpc) is 3.41. The first-order valence-electron chi connectivity index (χ1n) is 12.3. The Bertz CT molecular complexity index is 1410. The van der Waals surface area contributed by atoms with Gasteiger partial charge in [-0.15, -0.1) is 11.3 Å². The Morgan fingerprint density at radius 1 is 1.00 bits per heavy atom. The van der Waals surface area contributed by atoms with Crippen LogP contribution in [0.15, 0.2) is 64.9 Å². The summed E-state index contributed by atoms with van der Waals surface area (Å²) >= 11 is 1.21. The van der Waals surface area contributed by atoms with Gasteiger partial charge in [-0.3, -0.25) is 9.59 Å². The van der Waals surface area contributed by atoms with E-state index in [0.29, 0.717) is 11.3 Å². The molecule has 0 aliphatic carbocycles. The molecule has 0 aliphatic heterocycles. The number of nitrogens with one attached hydrogen (secondary N) is 2. The molecular weight excluding hydrogens is 567 g/mol. The predicted molar refractivity (Wildman–Crippen MR) is 144 cm³/mol. The SMILES string of the molecule is CC(=O)N[C@@H](C)C(=O)N[C@@H](CCc1ccccc1)[C@H](O)CN(Cc1cccs1)S(=O)(=O)c1cc(F)c(F)cc1F. The van der Waals surface area contributed by atoms with Gasteiger partial charge < -0.3 is 15.7 Å². The van der Waals surface area contributed by atoms with Gasteiger partial charge in [0.1, 0.15) is 16.8 Å². The summed E-state index contributed by atoms with van der Waals surface area (Å²) in [5.41, 5.74) is 0.899. The molecule has 8 nitrogen and oxygen atoms in total. The molecule has 0 unspecified atom stereocenters. The van der Waals surface area contributed by atoms with Crippen molar-refractivity contribution in [2.75, 3.05) is 6.54 Å². The number of hydrogen-bond acceptors (Lipinski definition) is 6. The summed E-state index contributed by atoms with van der Waals surface area (Å²) < 4.78 is 69.8. The number of carbonyl (C=O) groups is 2. The van der Waals surface area contributed by atoms with Gasteiger partial charge >= 0.3 is 0 Å².